The highest BCUT2D eigenvalue weighted by Crippen LogP contribution is 2.69. The van der Waals surface area contributed by atoms with Gasteiger partial charge < -0.3 is 14.1 Å². The molecule has 8 aromatic carbocycles. The zero-order valence-electron chi connectivity index (χ0n) is 32.9. The molecule has 284 valence electrons. The molecule has 3 heteroatoms. The summed E-state index contributed by atoms with van der Waals surface area (Å²) in [6.07, 6.45) is 6.80. The van der Waals surface area contributed by atoms with Gasteiger partial charge in [-0.25, -0.2) is 0 Å². The van der Waals surface area contributed by atoms with E-state index in [0.29, 0.717) is 11.8 Å². The van der Waals surface area contributed by atoms with E-state index in [9.17, 15) is 0 Å². The van der Waals surface area contributed by atoms with E-state index in [1.54, 1.807) is 0 Å². The molecule has 3 nitrogen and oxygen atoms in total. The molecule has 2 heterocycles. The van der Waals surface area contributed by atoms with Crippen LogP contribution in [-0.2, 0) is 5.41 Å². The maximum absolute atomic E-state index is 7.01. The van der Waals surface area contributed by atoms with Crippen LogP contribution >= 0.6 is 0 Å². The van der Waals surface area contributed by atoms with Gasteiger partial charge >= 0.3 is 0 Å². The molecule has 9 aromatic rings. The van der Waals surface area contributed by atoms with Crippen LogP contribution in [0.1, 0.15) is 43.2 Å². The Bertz CT molecular complexity index is 3080. The van der Waals surface area contributed by atoms with E-state index >= 15 is 0 Å². The second-order valence-electron chi connectivity index (χ2n) is 17.7. The molecule has 4 bridgehead atoms. The highest BCUT2D eigenvalue weighted by Gasteiger charge is 2.61. The van der Waals surface area contributed by atoms with Crippen molar-refractivity contribution < 1.29 is 9.15 Å². The van der Waals surface area contributed by atoms with Gasteiger partial charge in [0.25, 0.3) is 0 Å². The molecule has 0 unspecified atom stereocenters. The number of furan rings is 1. The molecule has 0 N–H and O–H groups in total. The second-order valence-corrected chi connectivity index (χ2v) is 17.7. The summed E-state index contributed by atoms with van der Waals surface area (Å²) >= 11 is 0. The van der Waals surface area contributed by atoms with Crippen molar-refractivity contribution in [2.75, 3.05) is 4.90 Å². The predicted octanol–water partition coefficient (Wildman–Crippen LogP) is 15.4. The van der Waals surface area contributed by atoms with Gasteiger partial charge in [-0.3, -0.25) is 0 Å². The first-order chi connectivity index (χ1) is 29.2. The van der Waals surface area contributed by atoms with E-state index in [0.717, 1.165) is 62.3 Å². The number of hydrogen-bond acceptors (Lipinski definition) is 3. The van der Waals surface area contributed by atoms with E-state index < -0.39 is 0 Å². The van der Waals surface area contributed by atoms with Crippen molar-refractivity contribution in [3.8, 4) is 33.8 Å². The minimum atomic E-state index is 0.0164. The largest absolute Gasteiger partial charge is 0.457 e. The third kappa shape index (κ3) is 4.88. The fourth-order valence-corrected chi connectivity index (χ4v) is 12.6. The molecule has 0 atom stereocenters. The molecule has 5 aliphatic rings. The zero-order chi connectivity index (χ0) is 38.7. The maximum Gasteiger partial charge on any atom is 0.136 e. The molecule has 1 aromatic heterocycles. The SMILES string of the molecule is c1ccc2c(c1)Oc1cc(N(c3ccc(-c4ccccc4-c4cccc5oc6ccccc6c45)cc3)c3cccc4ccccc34)ccc1C21C2CC3CC(C2)CC1C3. The van der Waals surface area contributed by atoms with Gasteiger partial charge in [0, 0.05) is 50.1 Å². The van der Waals surface area contributed by atoms with Crippen molar-refractivity contribution >= 4 is 49.8 Å². The molecule has 1 spiro atoms. The Morgan fingerprint density at radius 1 is 0.458 bits per heavy atom. The molecular weight excluding hydrogens is 719 g/mol. The Kier molecular flexibility index (Phi) is 7.19. The first-order valence-corrected chi connectivity index (χ1v) is 21.5. The van der Waals surface area contributed by atoms with Crippen molar-refractivity contribution in [3.05, 3.63) is 187 Å². The van der Waals surface area contributed by atoms with Gasteiger partial charge in [0.1, 0.15) is 22.7 Å². The smallest absolute Gasteiger partial charge is 0.136 e. The van der Waals surface area contributed by atoms with Crippen LogP contribution in [0.4, 0.5) is 17.1 Å². The highest BCUT2D eigenvalue weighted by atomic mass is 16.5. The molecule has 14 rings (SSSR count). The first kappa shape index (κ1) is 33.4. The van der Waals surface area contributed by atoms with E-state index in [4.69, 9.17) is 9.15 Å². The van der Waals surface area contributed by atoms with Gasteiger partial charge in [0.05, 0.1) is 5.69 Å². The van der Waals surface area contributed by atoms with E-state index in [2.05, 4.69) is 175 Å². The average molecular weight is 762 g/mol. The summed E-state index contributed by atoms with van der Waals surface area (Å²) in [6.45, 7) is 0. The summed E-state index contributed by atoms with van der Waals surface area (Å²) in [5, 5.41) is 4.73. The summed E-state index contributed by atoms with van der Waals surface area (Å²) < 4.78 is 13.3. The Morgan fingerprint density at radius 3 is 1.93 bits per heavy atom. The number of hydrogen-bond donors (Lipinski definition) is 0. The standard InChI is InChI=1S/C56H43NO2/c1-2-14-44-37(11-1)12-9-19-50(44)57(42-27-28-49-54(34-42)59-52-21-8-6-18-48(52)56(49)39-30-35-29-36(32-39)33-40(56)31-35)41-25-23-38(24-26-41)43-13-3-4-15-45(43)46-17-10-22-53-55(46)47-16-5-7-20-51(47)58-53/h1-28,34-36,39-40H,29-33H2. The van der Waals surface area contributed by atoms with Crippen LogP contribution in [0.15, 0.2) is 180 Å². The van der Waals surface area contributed by atoms with Crippen LogP contribution < -0.4 is 9.64 Å². The quantitative estimate of drug-likeness (QED) is 0.175. The van der Waals surface area contributed by atoms with Gasteiger partial charge in [-0.1, -0.05) is 127 Å². The Hall–Kier alpha value is -6.58. The van der Waals surface area contributed by atoms with Crippen molar-refractivity contribution in [2.45, 2.75) is 37.5 Å². The third-order valence-corrected chi connectivity index (χ3v) is 14.7. The molecule has 0 saturated heterocycles. The van der Waals surface area contributed by atoms with E-state index in [-0.39, 0.29) is 5.41 Å². The molecule has 4 fully saturated rings. The number of nitrogens with zero attached hydrogens (tertiary/aromatic N) is 1. The summed E-state index contributed by atoms with van der Waals surface area (Å²) in [6, 6.07) is 64.2. The normalized spacial score (nSPS) is 22.4. The molecule has 0 radical (unpaired) electrons. The van der Waals surface area contributed by atoms with Crippen LogP contribution in [-0.4, -0.2) is 0 Å². The van der Waals surface area contributed by atoms with Gasteiger partial charge in [-0.2, -0.15) is 0 Å². The minimum absolute atomic E-state index is 0.0164. The maximum atomic E-state index is 7.01. The minimum Gasteiger partial charge on any atom is -0.457 e. The van der Waals surface area contributed by atoms with E-state index in [1.807, 2.05) is 6.07 Å². The van der Waals surface area contributed by atoms with Gasteiger partial charge in [0.15, 0.2) is 0 Å². The van der Waals surface area contributed by atoms with Crippen LogP contribution in [0.2, 0.25) is 0 Å². The topological polar surface area (TPSA) is 25.6 Å². The van der Waals surface area contributed by atoms with Crippen LogP contribution in [0, 0.1) is 23.7 Å². The lowest BCUT2D eigenvalue weighted by Crippen LogP contribution is -2.56. The number of ether oxygens (including phenoxy) is 1. The van der Waals surface area contributed by atoms with Gasteiger partial charge in [-0.15, -0.1) is 0 Å². The van der Waals surface area contributed by atoms with Crippen molar-refractivity contribution in [2.24, 2.45) is 23.7 Å². The average Bonchev–Trinajstić information content (AvgIpc) is 3.67. The van der Waals surface area contributed by atoms with E-state index in [1.165, 1.54) is 76.3 Å². The first-order valence-electron chi connectivity index (χ1n) is 21.5. The Balaban J connectivity index is 0.956. The lowest BCUT2D eigenvalue weighted by Gasteiger charge is -2.63. The van der Waals surface area contributed by atoms with Crippen molar-refractivity contribution in [3.63, 3.8) is 0 Å². The number of para-hydroxylation sites is 2. The highest BCUT2D eigenvalue weighted by molar-refractivity contribution is 6.13. The fraction of sp³-hybridized carbons (Fsp3) is 0.179. The Morgan fingerprint density at radius 2 is 1.08 bits per heavy atom. The second kappa shape index (κ2) is 12.7. The van der Waals surface area contributed by atoms with Crippen LogP contribution in [0.25, 0.3) is 55.0 Å². The molecular formula is C56H43NO2. The number of rotatable bonds is 5. The lowest BCUT2D eigenvalue weighted by molar-refractivity contribution is -0.0452. The molecule has 4 aliphatic carbocycles. The monoisotopic (exact) mass is 761 g/mol. The number of benzene rings is 8. The molecule has 4 saturated carbocycles. The summed E-state index contributed by atoms with van der Waals surface area (Å²) in [5.74, 6) is 5.16. The predicted molar refractivity (Wildman–Crippen MR) is 241 cm³/mol. The van der Waals surface area contributed by atoms with Gasteiger partial charge in [0.2, 0.25) is 0 Å². The fourth-order valence-electron chi connectivity index (χ4n) is 12.6. The third-order valence-electron chi connectivity index (χ3n) is 14.7. The molecule has 1 aliphatic heterocycles. The number of fused-ring (bicyclic) bond motifs is 6. The van der Waals surface area contributed by atoms with Crippen molar-refractivity contribution in [1.29, 1.82) is 0 Å². The summed E-state index contributed by atoms with van der Waals surface area (Å²) in [4.78, 5) is 2.43. The molecule has 0 amide bonds. The Labute approximate surface area is 344 Å². The van der Waals surface area contributed by atoms with Crippen molar-refractivity contribution in [1.82, 2.24) is 0 Å². The summed E-state index contributed by atoms with van der Waals surface area (Å²) in [7, 11) is 0. The van der Waals surface area contributed by atoms with Gasteiger partial charge in [-0.05, 0) is 126 Å². The number of anilines is 3. The zero-order valence-corrected chi connectivity index (χ0v) is 32.9. The summed E-state index contributed by atoms with van der Waals surface area (Å²) in [5.41, 5.74) is 12.7. The van der Waals surface area contributed by atoms with Crippen LogP contribution in [0.3, 0.4) is 0 Å². The van der Waals surface area contributed by atoms with Crippen LogP contribution in [0.5, 0.6) is 11.5 Å². The molecule has 59 heavy (non-hydrogen) atoms. The lowest BCUT2D eigenvalue weighted by atomic mass is 9.42.